The average Bonchev–Trinajstić information content (AvgIpc) is 3.12. The maximum atomic E-state index is 12.0. The van der Waals surface area contributed by atoms with Gasteiger partial charge in [0.05, 0.1) is 6.04 Å². The van der Waals surface area contributed by atoms with Gasteiger partial charge in [-0.2, -0.15) is 0 Å². The molecular weight excluding hydrogens is 282 g/mol. The first kappa shape index (κ1) is 14.1. The highest BCUT2D eigenvalue weighted by molar-refractivity contribution is 8.14. The van der Waals surface area contributed by atoms with E-state index in [0.717, 1.165) is 12.8 Å². The molecule has 1 aliphatic carbocycles. The van der Waals surface area contributed by atoms with Gasteiger partial charge < -0.3 is 25.6 Å². The van der Waals surface area contributed by atoms with Gasteiger partial charge in [0.15, 0.2) is 11.3 Å². The van der Waals surface area contributed by atoms with Gasteiger partial charge in [-0.05, 0) is 19.8 Å². The summed E-state index contributed by atoms with van der Waals surface area (Å²) in [5.41, 5.74) is -0.409. The summed E-state index contributed by atoms with van der Waals surface area (Å²) in [5.74, 6) is -0.348. The minimum Gasteiger partial charge on any atom is -0.388 e. The summed E-state index contributed by atoms with van der Waals surface area (Å²) in [6.07, 6.45) is -1.38. The molecule has 4 N–H and O–H groups in total. The maximum absolute atomic E-state index is 12.0. The Morgan fingerprint density at radius 3 is 2.90 bits per heavy atom. The number of aliphatic imine (C=N–C) groups is 1. The van der Waals surface area contributed by atoms with E-state index in [1.54, 1.807) is 0 Å². The zero-order valence-electron chi connectivity index (χ0n) is 11.2. The predicted molar refractivity (Wildman–Crippen MR) is 74.3 cm³/mol. The van der Waals surface area contributed by atoms with Crippen LogP contribution in [0.3, 0.4) is 0 Å². The van der Waals surface area contributed by atoms with Crippen LogP contribution in [0.2, 0.25) is 0 Å². The van der Waals surface area contributed by atoms with Crippen LogP contribution in [0.25, 0.3) is 0 Å². The molecule has 5 unspecified atom stereocenters. The Morgan fingerprint density at radius 2 is 2.25 bits per heavy atom. The van der Waals surface area contributed by atoms with Gasteiger partial charge in [0.1, 0.15) is 17.6 Å². The fourth-order valence-electron chi connectivity index (χ4n) is 2.36. The summed E-state index contributed by atoms with van der Waals surface area (Å²) < 4.78 is 5.66. The van der Waals surface area contributed by atoms with Crippen molar-refractivity contribution in [1.82, 2.24) is 10.6 Å². The third-order valence-electron chi connectivity index (χ3n) is 3.60. The van der Waals surface area contributed by atoms with Crippen molar-refractivity contribution in [2.24, 2.45) is 4.99 Å². The SMILES string of the molecule is CCN=C1NC2C(OC(C(=O)NC3CC3)C(O)C2O)S1. The molecule has 0 radical (unpaired) electrons. The number of carbonyl (C=O) groups excluding carboxylic acids is 1. The topological polar surface area (TPSA) is 103 Å². The number of carbonyl (C=O) groups is 1. The predicted octanol–water partition coefficient (Wildman–Crippen LogP) is -1.21. The summed E-state index contributed by atoms with van der Waals surface area (Å²) >= 11 is 1.35. The van der Waals surface area contributed by atoms with Gasteiger partial charge in [0.2, 0.25) is 0 Å². The Bertz CT molecular complexity index is 429. The van der Waals surface area contributed by atoms with Crippen molar-refractivity contribution < 1.29 is 19.7 Å². The molecule has 2 saturated heterocycles. The lowest BCUT2D eigenvalue weighted by Gasteiger charge is -2.38. The quantitative estimate of drug-likeness (QED) is 0.522. The number of hydrogen-bond donors (Lipinski definition) is 4. The molecule has 0 aromatic rings. The Balaban J connectivity index is 1.69. The summed E-state index contributed by atoms with van der Waals surface area (Å²) in [6, 6.07) is -0.245. The van der Waals surface area contributed by atoms with Crippen molar-refractivity contribution in [3.63, 3.8) is 0 Å². The first-order chi connectivity index (χ1) is 9.60. The van der Waals surface area contributed by atoms with Crippen LogP contribution in [0, 0.1) is 0 Å². The third kappa shape index (κ3) is 2.65. The highest BCUT2D eigenvalue weighted by Crippen LogP contribution is 2.34. The molecule has 1 saturated carbocycles. The number of aliphatic hydroxyl groups is 2. The number of amides is 1. The third-order valence-corrected chi connectivity index (χ3v) is 4.71. The van der Waals surface area contributed by atoms with Crippen LogP contribution < -0.4 is 10.6 Å². The lowest BCUT2D eigenvalue weighted by atomic mass is 9.97. The largest absolute Gasteiger partial charge is 0.388 e. The van der Waals surface area contributed by atoms with Gasteiger partial charge in [-0.3, -0.25) is 9.79 Å². The van der Waals surface area contributed by atoms with Crippen LogP contribution in [0.5, 0.6) is 0 Å². The number of rotatable bonds is 3. The Morgan fingerprint density at radius 1 is 1.50 bits per heavy atom. The van der Waals surface area contributed by atoms with E-state index in [-0.39, 0.29) is 11.9 Å². The van der Waals surface area contributed by atoms with Gasteiger partial charge in [0.25, 0.3) is 5.91 Å². The number of nitrogens with zero attached hydrogens (tertiary/aromatic N) is 1. The molecule has 2 aliphatic heterocycles. The smallest absolute Gasteiger partial charge is 0.252 e. The molecule has 112 valence electrons. The van der Waals surface area contributed by atoms with E-state index in [0.29, 0.717) is 11.7 Å². The van der Waals surface area contributed by atoms with Gasteiger partial charge in [0, 0.05) is 12.6 Å². The molecule has 0 aromatic heterocycles. The van der Waals surface area contributed by atoms with Gasteiger partial charge in [-0.15, -0.1) is 0 Å². The average molecular weight is 301 g/mol. The summed E-state index contributed by atoms with van der Waals surface area (Å²) in [6.45, 7) is 2.54. The first-order valence-electron chi connectivity index (χ1n) is 6.89. The van der Waals surface area contributed by atoms with Crippen molar-refractivity contribution in [3.05, 3.63) is 0 Å². The van der Waals surface area contributed by atoms with E-state index in [1.165, 1.54) is 11.8 Å². The van der Waals surface area contributed by atoms with E-state index in [9.17, 15) is 15.0 Å². The molecule has 3 aliphatic rings. The van der Waals surface area contributed by atoms with E-state index in [2.05, 4.69) is 15.6 Å². The molecule has 3 fully saturated rings. The standard InChI is InChI=1S/C12H19N3O4S/c1-2-13-12-15-6-7(16)8(17)9(19-11(6)20-12)10(18)14-5-3-4-5/h5-9,11,16-17H,2-4H2,1H3,(H,13,15)(H,14,18). The minimum atomic E-state index is -1.23. The fraction of sp³-hybridized carbons (Fsp3) is 0.833. The molecular formula is C12H19N3O4S. The fourth-order valence-corrected chi connectivity index (χ4v) is 3.54. The number of hydrogen-bond acceptors (Lipinski definition) is 6. The molecule has 0 spiro atoms. The van der Waals surface area contributed by atoms with Crippen LogP contribution in [0.1, 0.15) is 19.8 Å². The molecule has 5 atom stereocenters. The highest BCUT2D eigenvalue weighted by atomic mass is 32.2. The second-order valence-electron chi connectivity index (χ2n) is 5.26. The van der Waals surface area contributed by atoms with Crippen molar-refractivity contribution in [1.29, 1.82) is 0 Å². The van der Waals surface area contributed by atoms with Crippen LogP contribution in [-0.4, -0.2) is 63.7 Å². The van der Waals surface area contributed by atoms with Crippen LogP contribution in [0.15, 0.2) is 4.99 Å². The van der Waals surface area contributed by atoms with Crippen LogP contribution in [-0.2, 0) is 9.53 Å². The first-order valence-corrected chi connectivity index (χ1v) is 7.77. The van der Waals surface area contributed by atoms with E-state index in [1.807, 2.05) is 6.92 Å². The van der Waals surface area contributed by atoms with Gasteiger partial charge in [-0.1, -0.05) is 11.8 Å². The summed E-state index contributed by atoms with van der Waals surface area (Å²) in [4.78, 5) is 16.3. The van der Waals surface area contributed by atoms with Crippen molar-refractivity contribution >= 4 is 22.8 Å². The number of ether oxygens (including phenoxy) is 1. The van der Waals surface area contributed by atoms with Crippen molar-refractivity contribution in [3.8, 4) is 0 Å². The zero-order chi connectivity index (χ0) is 14.3. The van der Waals surface area contributed by atoms with E-state index in [4.69, 9.17) is 4.74 Å². The highest BCUT2D eigenvalue weighted by Gasteiger charge is 2.51. The second-order valence-corrected chi connectivity index (χ2v) is 6.34. The number of fused-ring (bicyclic) bond motifs is 1. The van der Waals surface area contributed by atoms with Crippen LogP contribution in [0.4, 0.5) is 0 Å². The van der Waals surface area contributed by atoms with E-state index >= 15 is 0 Å². The summed E-state index contributed by atoms with van der Waals surface area (Å²) in [7, 11) is 0. The normalized spacial score (nSPS) is 42.1. The number of aliphatic hydroxyl groups excluding tert-OH is 2. The number of amidine groups is 1. The minimum absolute atomic E-state index is 0.194. The molecule has 3 rings (SSSR count). The lowest BCUT2D eigenvalue weighted by Crippen LogP contribution is -2.62. The molecule has 2 heterocycles. The zero-order valence-corrected chi connectivity index (χ0v) is 12.0. The van der Waals surface area contributed by atoms with Gasteiger partial charge in [-0.25, -0.2) is 0 Å². The summed E-state index contributed by atoms with van der Waals surface area (Å²) in [5, 5.41) is 26.7. The van der Waals surface area contributed by atoms with Crippen LogP contribution >= 0.6 is 11.8 Å². The monoisotopic (exact) mass is 301 g/mol. The molecule has 8 heteroatoms. The molecule has 0 aromatic carbocycles. The van der Waals surface area contributed by atoms with E-state index < -0.39 is 29.8 Å². The van der Waals surface area contributed by atoms with Crippen molar-refractivity contribution in [2.75, 3.05) is 6.54 Å². The molecule has 0 bridgehead atoms. The molecule has 1 amide bonds. The Labute approximate surface area is 121 Å². The van der Waals surface area contributed by atoms with Gasteiger partial charge >= 0.3 is 0 Å². The second kappa shape index (κ2) is 5.51. The number of thioether (sulfide) groups is 1. The Hall–Kier alpha value is -0.830. The lowest BCUT2D eigenvalue weighted by molar-refractivity contribution is -0.173. The number of nitrogens with one attached hydrogen (secondary N) is 2. The molecule has 7 nitrogen and oxygen atoms in total. The van der Waals surface area contributed by atoms with Crippen molar-refractivity contribution in [2.45, 2.75) is 55.6 Å². The molecule has 20 heavy (non-hydrogen) atoms. The maximum Gasteiger partial charge on any atom is 0.252 e. The Kier molecular flexibility index (Phi) is 3.89.